The molecule has 0 spiro atoms. The molecule has 124 valence electrons. The van der Waals surface area contributed by atoms with E-state index in [1.807, 2.05) is 0 Å². The van der Waals surface area contributed by atoms with E-state index >= 15 is 0 Å². The Morgan fingerprint density at radius 1 is 1.55 bits per heavy atom. The van der Waals surface area contributed by atoms with E-state index in [0.717, 1.165) is 0 Å². The first-order valence-corrected chi connectivity index (χ1v) is 11.3. The van der Waals surface area contributed by atoms with E-state index in [1.54, 1.807) is 24.0 Å². The van der Waals surface area contributed by atoms with Crippen LogP contribution in [0.2, 0.25) is 18.1 Å². The molecule has 2 heterocycles. The Bertz CT molecular complexity index is 585. The summed E-state index contributed by atoms with van der Waals surface area (Å²) in [6.07, 6.45) is 1.33. The Kier molecular flexibility index (Phi) is 5.05. The van der Waals surface area contributed by atoms with Crippen molar-refractivity contribution in [1.82, 2.24) is 9.55 Å². The van der Waals surface area contributed by atoms with Crippen molar-refractivity contribution in [2.75, 3.05) is 18.1 Å². The van der Waals surface area contributed by atoms with Gasteiger partial charge in [0.2, 0.25) is 0 Å². The summed E-state index contributed by atoms with van der Waals surface area (Å²) in [5, 5.41) is 0.174. The van der Waals surface area contributed by atoms with Gasteiger partial charge in [-0.05, 0) is 24.2 Å². The van der Waals surface area contributed by atoms with Gasteiger partial charge in [0.25, 0.3) is 0 Å². The van der Waals surface area contributed by atoms with Crippen LogP contribution in [0.1, 0.15) is 27.0 Å². The van der Waals surface area contributed by atoms with E-state index in [0.29, 0.717) is 12.4 Å². The molecule has 0 aromatic carbocycles. The molecule has 1 fully saturated rings. The van der Waals surface area contributed by atoms with Gasteiger partial charge in [-0.25, -0.2) is 4.79 Å². The highest BCUT2D eigenvalue weighted by atomic mass is 32.2. The number of aromatic nitrogens is 2. The van der Waals surface area contributed by atoms with Gasteiger partial charge >= 0.3 is 5.69 Å². The lowest BCUT2D eigenvalue weighted by Crippen LogP contribution is -2.42. The van der Waals surface area contributed by atoms with Crippen LogP contribution in [-0.2, 0) is 9.16 Å². The first-order valence-electron chi connectivity index (χ1n) is 7.36. The van der Waals surface area contributed by atoms with Gasteiger partial charge in [0.15, 0.2) is 8.32 Å². The van der Waals surface area contributed by atoms with Gasteiger partial charge in [0.05, 0.1) is 6.61 Å². The third-order valence-electron chi connectivity index (χ3n) is 4.28. The zero-order chi connectivity index (χ0) is 16.5. The predicted octanol–water partition coefficient (Wildman–Crippen LogP) is 2.44. The number of ether oxygens (including phenoxy) is 1. The standard InChI is InChI=1S/C14H25N3O3SSi/c1-14(2,3)22(4,5)19-8-12-20-11(9-21-12)17-7-6-10(15)16-13(17)18/h6-7,11-12H,8-9H2,1-5H3,(H2,15,16,18)/t11-,12+/m0/s1. The van der Waals surface area contributed by atoms with Gasteiger partial charge < -0.3 is 14.9 Å². The van der Waals surface area contributed by atoms with Crippen molar-refractivity contribution in [1.29, 1.82) is 0 Å². The Labute approximate surface area is 136 Å². The zero-order valence-corrected chi connectivity index (χ0v) is 15.6. The topological polar surface area (TPSA) is 79.4 Å². The average Bonchev–Trinajstić information content (AvgIpc) is 2.83. The van der Waals surface area contributed by atoms with Crippen LogP contribution < -0.4 is 11.4 Å². The maximum atomic E-state index is 11.8. The van der Waals surface area contributed by atoms with Gasteiger partial charge in [0, 0.05) is 11.9 Å². The Morgan fingerprint density at radius 3 is 2.82 bits per heavy atom. The molecular formula is C14H25N3O3SSi. The fraction of sp³-hybridized carbons (Fsp3) is 0.714. The molecule has 2 atom stereocenters. The Hall–Kier alpha value is -0.833. The van der Waals surface area contributed by atoms with Crippen molar-refractivity contribution in [3.8, 4) is 0 Å². The van der Waals surface area contributed by atoms with E-state index in [1.165, 1.54) is 4.57 Å². The van der Waals surface area contributed by atoms with Crippen molar-refractivity contribution in [3.05, 3.63) is 22.7 Å². The average molecular weight is 344 g/mol. The molecule has 1 aliphatic rings. The second-order valence-corrected chi connectivity index (χ2v) is 13.0. The molecule has 1 aliphatic heterocycles. The van der Waals surface area contributed by atoms with E-state index < -0.39 is 8.32 Å². The number of nitrogen functional groups attached to an aromatic ring is 1. The van der Waals surface area contributed by atoms with Crippen molar-refractivity contribution in [2.24, 2.45) is 0 Å². The lowest BCUT2D eigenvalue weighted by Gasteiger charge is -2.36. The number of thioether (sulfide) groups is 1. The lowest BCUT2D eigenvalue weighted by molar-refractivity contribution is -0.00410. The van der Waals surface area contributed by atoms with Gasteiger partial charge in [-0.3, -0.25) is 4.57 Å². The van der Waals surface area contributed by atoms with Gasteiger partial charge in [-0.1, -0.05) is 20.8 Å². The van der Waals surface area contributed by atoms with Gasteiger partial charge in [-0.15, -0.1) is 11.8 Å². The number of nitrogens with two attached hydrogens (primary N) is 1. The summed E-state index contributed by atoms with van der Waals surface area (Å²) in [6, 6.07) is 1.61. The second kappa shape index (κ2) is 6.35. The molecule has 2 N–H and O–H groups in total. The minimum atomic E-state index is -1.78. The summed E-state index contributed by atoms with van der Waals surface area (Å²) in [4.78, 5) is 15.6. The van der Waals surface area contributed by atoms with Gasteiger partial charge in [0.1, 0.15) is 17.5 Å². The van der Waals surface area contributed by atoms with Crippen LogP contribution in [-0.4, -0.2) is 35.7 Å². The molecule has 2 rings (SSSR count). The maximum absolute atomic E-state index is 11.8. The number of hydrogen-bond acceptors (Lipinski definition) is 6. The highest BCUT2D eigenvalue weighted by Crippen LogP contribution is 2.38. The molecular weight excluding hydrogens is 318 g/mol. The highest BCUT2D eigenvalue weighted by Gasteiger charge is 2.38. The van der Waals surface area contributed by atoms with Crippen molar-refractivity contribution < 1.29 is 9.16 Å². The van der Waals surface area contributed by atoms with E-state index in [9.17, 15) is 4.79 Å². The number of hydrogen-bond donors (Lipinski definition) is 1. The second-order valence-electron chi connectivity index (χ2n) is 6.97. The molecule has 0 radical (unpaired) electrons. The molecule has 1 aromatic heterocycles. The molecule has 0 bridgehead atoms. The lowest BCUT2D eigenvalue weighted by atomic mass is 10.2. The van der Waals surface area contributed by atoms with Crippen LogP contribution >= 0.6 is 11.8 Å². The fourth-order valence-corrected chi connectivity index (χ4v) is 3.93. The zero-order valence-electron chi connectivity index (χ0n) is 13.8. The summed E-state index contributed by atoms with van der Waals surface area (Å²) < 4.78 is 13.6. The summed E-state index contributed by atoms with van der Waals surface area (Å²) in [5.74, 6) is 0.932. The minimum Gasteiger partial charge on any atom is -0.413 e. The summed E-state index contributed by atoms with van der Waals surface area (Å²) in [7, 11) is -1.78. The normalized spacial score (nSPS) is 23.0. The van der Waals surface area contributed by atoms with Crippen molar-refractivity contribution in [2.45, 2.75) is 50.6 Å². The predicted molar refractivity (Wildman–Crippen MR) is 92.4 cm³/mol. The molecule has 1 saturated heterocycles. The minimum absolute atomic E-state index is 0.0522. The molecule has 8 heteroatoms. The quantitative estimate of drug-likeness (QED) is 0.846. The van der Waals surface area contributed by atoms with Crippen molar-refractivity contribution >= 4 is 25.9 Å². The SMILES string of the molecule is CC(C)(C)[Si](C)(C)OC[C@@H]1O[C@H](n2ccc(N)nc2=O)CS1. The van der Waals surface area contributed by atoms with Crippen LogP contribution in [0, 0.1) is 0 Å². The number of rotatable bonds is 4. The summed E-state index contributed by atoms with van der Waals surface area (Å²) in [6.45, 7) is 11.6. The van der Waals surface area contributed by atoms with Crippen LogP contribution in [0.5, 0.6) is 0 Å². The maximum Gasteiger partial charge on any atom is 0.351 e. The van der Waals surface area contributed by atoms with Crippen LogP contribution in [0.3, 0.4) is 0 Å². The first-order chi connectivity index (χ1) is 10.1. The number of nitrogens with zero attached hydrogens (tertiary/aromatic N) is 2. The van der Waals surface area contributed by atoms with Crippen molar-refractivity contribution in [3.63, 3.8) is 0 Å². The van der Waals surface area contributed by atoms with Crippen LogP contribution in [0.15, 0.2) is 17.1 Å². The van der Waals surface area contributed by atoms with Crippen LogP contribution in [0.4, 0.5) is 5.82 Å². The molecule has 0 saturated carbocycles. The molecule has 0 unspecified atom stereocenters. The number of anilines is 1. The summed E-state index contributed by atoms with van der Waals surface area (Å²) >= 11 is 1.67. The molecule has 0 amide bonds. The monoisotopic (exact) mass is 343 g/mol. The molecule has 1 aromatic rings. The van der Waals surface area contributed by atoms with E-state index in [-0.39, 0.29) is 28.2 Å². The third-order valence-corrected chi connectivity index (χ3v) is 9.88. The molecule has 0 aliphatic carbocycles. The molecule has 22 heavy (non-hydrogen) atoms. The largest absolute Gasteiger partial charge is 0.413 e. The van der Waals surface area contributed by atoms with Crippen LogP contribution in [0.25, 0.3) is 0 Å². The van der Waals surface area contributed by atoms with Gasteiger partial charge in [-0.2, -0.15) is 4.98 Å². The summed E-state index contributed by atoms with van der Waals surface area (Å²) in [5.41, 5.74) is 5.07. The fourth-order valence-electron chi connectivity index (χ4n) is 1.81. The third kappa shape index (κ3) is 3.92. The first kappa shape index (κ1) is 17.5. The Morgan fingerprint density at radius 2 is 2.23 bits per heavy atom. The highest BCUT2D eigenvalue weighted by molar-refractivity contribution is 8.00. The Balaban J connectivity index is 1.95. The molecule has 6 nitrogen and oxygen atoms in total. The smallest absolute Gasteiger partial charge is 0.351 e. The van der Waals surface area contributed by atoms with E-state index in [4.69, 9.17) is 14.9 Å². The van der Waals surface area contributed by atoms with E-state index in [2.05, 4.69) is 38.8 Å².